The number of carbonyl (C=O) groups is 1. The van der Waals surface area contributed by atoms with E-state index in [0.29, 0.717) is 16.1 Å². The Hall–Kier alpha value is -0.990. The van der Waals surface area contributed by atoms with Crippen molar-refractivity contribution in [3.63, 3.8) is 0 Å². The van der Waals surface area contributed by atoms with Gasteiger partial charge in [0.05, 0.1) is 7.11 Å². The first-order valence-corrected chi connectivity index (χ1v) is 8.01. The minimum atomic E-state index is -1.16. The van der Waals surface area contributed by atoms with Gasteiger partial charge in [0.15, 0.2) is 28.5 Å². The summed E-state index contributed by atoms with van der Waals surface area (Å²) in [5, 5.41) is 0.724. The normalized spacial score (nSPS) is 11.1. The van der Waals surface area contributed by atoms with Gasteiger partial charge in [-0.25, -0.2) is 9.78 Å². The van der Waals surface area contributed by atoms with Gasteiger partial charge >= 0.3 is 5.97 Å². The van der Waals surface area contributed by atoms with E-state index in [1.165, 1.54) is 26.0 Å². The monoisotopic (exact) mass is 379 g/mol. The maximum atomic E-state index is 11.8. The molecule has 0 aliphatic heterocycles. The molecule has 0 saturated heterocycles. The minimum Gasteiger partial charge on any atom is -0.472 e. The third-order valence-electron chi connectivity index (χ3n) is 2.45. The molecule has 1 aromatic heterocycles. The molecule has 6 nitrogen and oxygen atoms in total. The topological polar surface area (TPSA) is 66.9 Å². The molecule has 0 fully saturated rings. The Labute approximate surface area is 136 Å². The number of aromatic nitrogens is 1. The van der Waals surface area contributed by atoms with Crippen molar-refractivity contribution in [2.45, 2.75) is 24.5 Å². The lowest BCUT2D eigenvalue weighted by atomic mass is 10.1. The summed E-state index contributed by atoms with van der Waals surface area (Å²) < 4.78 is 21.3. The Morgan fingerprint density at radius 1 is 1.43 bits per heavy atom. The molecule has 1 heterocycles. The van der Waals surface area contributed by atoms with Crippen molar-refractivity contribution in [3.05, 3.63) is 10.7 Å². The molecule has 0 aliphatic rings. The van der Waals surface area contributed by atoms with Gasteiger partial charge in [0.1, 0.15) is 5.03 Å². The van der Waals surface area contributed by atoms with E-state index in [1.54, 1.807) is 19.9 Å². The summed E-state index contributed by atoms with van der Waals surface area (Å²) >= 11 is 4.78. The van der Waals surface area contributed by atoms with Gasteiger partial charge in [-0.15, -0.1) is 11.8 Å². The maximum Gasteiger partial charge on any atom is 0.349 e. The van der Waals surface area contributed by atoms with Gasteiger partial charge in [0.2, 0.25) is 0 Å². The average molecular weight is 380 g/mol. The van der Waals surface area contributed by atoms with Gasteiger partial charge in [-0.2, -0.15) is 0 Å². The fraction of sp³-hybridized carbons (Fsp3) is 0.538. The minimum absolute atomic E-state index is 0.0356. The number of carbonyl (C=O) groups excluding carboxylic acids is 1. The van der Waals surface area contributed by atoms with E-state index >= 15 is 0 Å². The van der Waals surface area contributed by atoms with Crippen molar-refractivity contribution in [2.24, 2.45) is 0 Å². The van der Waals surface area contributed by atoms with Crippen LogP contribution in [0.25, 0.3) is 0 Å². The summed E-state index contributed by atoms with van der Waals surface area (Å²) in [5.41, 5.74) is -1.16. The Kier molecular flexibility index (Phi) is 6.76. The number of methoxy groups -OCH3 is 2. The van der Waals surface area contributed by atoms with E-state index in [0.717, 1.165) is 5.03 Å². The zero-order valence-corrected chi connectivity index (χ0v) is 15.0. The number of nitrogens with zero attached hydrogens (tertiary/aromatic N) is 1. The molecular weight excluding hydrogens is 362 g/mol. The van der Waals surface area contributed by atoms with Crippen molar-refractivity contribution in [1.82, 2.24) is 4.98 Å². The average Bonchev–Trinajstić information content (AvgIpc) is 2.44. The van der Waals surface area contributed by atoms with Crippen LogP contribution in [0.3, 0.4) is 0 Å². The second-order valence-electron chi connectivity index (χ2n) is 4.44. The first kappa shape index (κ1) is 18.1. The molecule has 0 atom stereocenters. The number of halogens is 1. The van der Waals surface area contributed by atoms with E-state index in [2.05, 4.69) is 20.9 Å². The van der Waals surface area contributed by atoms with Gasteiger partial charge < -0.3 is 18.9 Å². The van der Waals surface area contributed by atoms with Crippen LogP contribution in [0.15, 0.2) is 15.7 Å². The molecule has 0 spiro atoms. The quantitative estimate of drug-likeness (QED) is 0.312. The Morgan fingerprint density at radius 2 is 2.10 bits per heavy atom. The summed E-state index contributed by atoms with van der Waals surface area (Å²) in [6, 6.07) is 1.70. The molecule has 21 heavy (non-hydrogen) atoms. The van der Waals surface area contributed by atoms with Crippen LogP contribution in [-0.4, -0.2) is 43.8 Å². The fourth-order valence-electron chi connectivity index (χ4n) is 1.45. The molecule has 0 unspecified atom stereocenters. The van der Waals surface area contributed by atoms with Gasteiger partial charge in [-0.1, -0.05) is 0 Å². The molecule has 0 aromatic carbocycles. The van der Waals surface area contributed by atoms with Crippen molar-refractivity contribution in [1.29, 1.82) is 0 Å². The van der Waals surface area contributed by atoms with E-state index in [1.807, 2.05) is 6.26 Å². The van der Waals surface area contributed by atoms with Gasteiger partial charge in [0.25, 0.3) is 0 Å². The lowest BCUT2D eigenvalue weighted by molar-refractivity contribution is -0.156. The number of hydrogen-bond acceptors (Lipinski definition) is 7. The molecule has 0 amide bonds. The first-order valence-electron chi connectivity index (χ1n) is 5.99. The highest BCUT2D eigenvalue weighted by atomic mass is 79.9. The molecule has 0 N–H and O–H groups in total. The van der Waals surface area contributed by atoms with E-state index in [9.17, 15) is 4.79 Å². The first-order chi connectivity index (χ1) is 9.85. The summed E-state index contributed by atoms with van der Waals surface area (Å²) in [4.78, 5) is 16.1. The van der Waals surface area contributed by atoms with Crippen LogP contribution in [0.2, 0.25) is 0 Å². The fourth-order valence-corrected chi connectivity index (χ4v) is 2.48. The van der Waals surface area contributed by atoms with Crippen LogP contribution in [0, 0.1) is 0 Å². The molecule has 0 radical (unpaired) electrons. The molecule has 0 aliphatic carbocycles. The van der Waals surface area contributed by atoms with Crippen LogP contribution in [0.5, 0.6) is 11.5 Å². The third kappa shape index (κ3) is 4.76. The zero-order valence-electron chi connectivity index (χ0n) is 12.6. The molecule has 0 saturated carbocycles. The van der Waals surface area contributed by atoms with Crippen LogP contribution >= 0.6 is 27.7 Å². The number of ether oxygens (including phenoxy) is 4. The van der Waals surface area contributed by atoms with Crippen molar-refractivity contribution >= 4 is 33.7 Å². The SMILES string of the molecule is COCOc1c(OC(C)(C)C(=O)OC)cc(SC)nc1Br. The Morgan fingerprint density at radius 3 is 2.62 bits per heavy atom. The van der Waals surface area contributed by atoms with E-state index < -0.39 is 11.6 Å². The number of thioether (sulfide) groups is 1. The van der Waals surface area contributed by atoms with E-state index in [4.69, 9.17) is 18.9 Å². The second-order valence-corrected chi connectivity index (χ2v) is 6.02. The van der Waals surface area contributed by atoms with Crippen molar-refractivity contribution in [2.75, 3.05) is 27.3 Å². The molecule has 1 aromatic rings. The molecule has 118 valence electrons. The highest BCUT2D eigenvalue weighted by Gasteiger charge is 2.33. The van der Waals surface area contributed by atoms with Crippen LogP contribution < -0.4 is 9.47 Å². The highest BCUT2D eigenvalue weighted by Crippen LogP contribution is 2.38. The molecule has 1 rings (SSSR count). The largest absolute Gasteiger partial charge is 0.472 e. The molecular formula is C13H18BrNO5S. The highest BCUT2D eigenvalue weighted by molar-refractivity contribution is 9.10. The second kappa shape index (κ2) is 7.86. The Bertz CT molecular complexity index is 510. The number of pyridine rings is 1. The standard InChI is InChI=1S/C13H18BrNO5S/c1-13(2,12(16)18-4)20-8-6-9(21-5)15-11(14)10(8)19-7-17-3/h6H,7H2,1-5H3. The zero-order chi connectivity index (χ0) is 16.0. The van der Waals surface area contributed by atoms with E-state index in [-0.39, 0.29) is 6.79 Å². The summed E-state index contributed by atoms with van der Waals surface area (Å²) in [6.07, 6.45) is 1.89. The predicted molar refractivity (Wildman–Crippen MR) is 82.9 cm³/mol. The summed E-state index contributed by atoms with van der Waals surface area (Å²) in [7, 11) is 2.82. The van der Waals surface area contributed by atoms with Gasteiger partial charge in [-0.05, 0) is 36.0 Å². The predicted octanol–water partition coefficient (Wildman–Crippen LogP) is 2.88. The van der Waals surface area contributed by atoms with Crippen LogP contribution in [-0.2, 0) is 14.3 Å². The number of esters is 1. The van der Waals surface area contributed by atoms with Crippen LogP contribution in [0.1, 0.15) is 13.8 Å². The summed E-state index contributed by atoms with van der Waals surface area (Å²) in [5.74, 6) is 0.263. The summed E-state index contributed by atoms with van der Waals surface area (Å²) in [6.45, 7) is 3.27. The number of rotatable bonds is 7. The lowest BCUT2D eigenvalue weighted by Gasteiger charge is -2.25. The smallest absolute Gasteiger partial charge is 0.349 e. The maximum absolute atomic E-state index is 11.8. The van der Waals surface area contributed by atoms with Gasteiger partial charge in [0, 0.05) is 13.2 Å². The molecule has 0 bridgehead atoms. The Balaban J connectivity index is 3.18. The lowest BCUT2D eigenvalue weighted by Crippen LogP contribution is -2.39. The molecule has 8 heteroatoms. The van der Waals surface area contributed by atoms with Crippen molar-refractivity contribution < 1.29 is 23.7 Å². The third-order valence-corrected chi connectivity index (χ3v) is 3.61. The number of hydrogen-bond donors (Lipinski definition) is 0. The van der Waals surface area contributed by atoms with Gasteiger partial charge in [-0.3, -0.25) is 0 Å². The van der Waals surface area contributed by atoms with Crippen molar-refractivity contribution in [3.8, 4) is 11.5 Å². The van der Waals surface area contributed by atoms with Crippen LogP contribution in [0.4, 0.5) is 0 Å².